The van der Waals surface area contributed by atoms with E-state index in [2.05, 4.69) is 4.98 Å². The summed E-state index contributed by atoms with van der Waals surface area (Å²) in [6.07, 6.45) is 0. The molecule has 0 unspecified atom stereocenters. The average Bonchev–Trinajstić information content (AvgIpc) is 2.07. The van der Waals surface area contributed by atoms with Crippen molar-refractivity contribution in [3.8, 4) is 0 Å². The summed E-state index contributed by atoms with van der Waals surface area (Å²) >= 11 is 1.08. The van der Waals surface area contributed by atoms with E-state index in [1.807, 2.05) is 19.9 Å². The quantitative estimate of drug-likeness (QED) is 0.712. The highest BCUT2D eigenvalue weighted by Gasteiger charge is 2.04. The van der Waals surface area contributed by atoms with Gasteiger partial charge in [-0.05, 0) is 31.0 Å². The summed E-state index contributed by atoms with van der Waals surface area (Å²) in [5.74, 6) is 0. The maximum atomic E-state index is 11.5. The van der Waals surface area contributed by atoms with Crippen LogP contribution in [0.1, 0.15) is 11.1 Å². The van der Waals surface area contributed by atoms with Crippen molar-refractivity contribution in [1.82, 2.24) is 4.98 Å². The Kier molecular flexibility index (Phi) is 2.00. The number of aromatic nitrogens is 1. The van der Waals surface area contributed by atoms with Gasteiger partial charge in [0.05, 0.1) is 5.39 Å². The van der Waals surface area contributed by atoms with Crippen molar-refractivity contribution in [2.24, 2.45) is 0 Å². The maximum absolute atomic E-state index is 11.5. The lowest BCUT2D eigenvalue weighted by molar-refractivity contribution is 1.25. The highest BCUT2D eigenvalue weighted by Crippen LogP contribution is 2.18. The Morgan fingerprint density at radius 3 is 2.64 bits per heavy atom. The zero-order valence-electron chi connectivity index (χ0n) is 7.88. The molecule has 2 rings (SSSR count). The van der Waals surface area contributed by atoms with Crippen LogP contribution in [0.2, 0.25) is 0 Å². The van der Waals surface area contributed by atoms with Crippen LogP contribution in [0.3, 0.4) is 0 Å². The Hall–Kier alpha value is -1.42. The molecule has 0 saturated heterocycles. The van der Waals surface area contributed by atoms with Gasteiger partial charge in [0, 0.05) is 4.70 Å². The maximum Gasteiger partial charge on any atom is 0.307 e. The molecule has 0 spiro atoms. The van der Waals surface area contributed by atoms with Crippen LogP contribution in [-0.4, -0.2) is 4.98 Å². The molecule has 1 aromatic heterocycles. The first-order chi connectivity index (χ1) is 6.58. The Bertz CT molecular complexity index is 610. The van der Waals surface area contributed by atoms with Gasteiger partial charge in [-0.3, -0.25) is 14.6 Å². The van der Waals surface area contributed by atoms with Gasteiger partial charge in [-0.25, -0.2) is 0 Å². The number of hydrogen-bond acceptors (Lipinski definition) is 3. The van der Waals surface area contributed by atoms with Gasteiger partial charge in [0.15, 0.2) is 0 Å². The van der Waals surface area contributed by atoms with Crippen molar-refractivity contribution in [1.29, 1.82) is 0 Å². The molecule has 72 valence electrons. The Morgan fingerprint density at radius 2 is 1.93 bits per heavy atom. The van der Waals surface area contributed by atoms with Gasteiger partial charge >= 0.3 is 4.87 Å². The van der Waals surface area contributed by atoms with Crippen molar-refractivity contribution < 1.29 is 0 Å². The van der Waals surface area contributed by atoms with Crippen LogP contribution >= 0.6 is 11.3 Å². The first-order valence-corrected chi connectivity index (χ1v) is 5.04. The lowest BCUT2D eigenvalue weighted by Gasteiger charge is -2.00. The summed E-state index contributed by atoms with van der Waals surface area (Å²) < 4.78 is 0.782. The summed E-state index contributed by atoms with van der Waals surface area (Å²) in [7, 11) is 0. The van der Waals surface area contributed by atoms with E-state index < -0.39 is 0 Å². The molecule has 3 nitrogen and oxygen atoms in total. The van der Waals surface area contributed by atoms with Crippen LogP contribution in [0.4, 0.5) is 0 Å². The molecule has 0 aliphatic carbocycles. The first-order valence-electron chi connectivity index (χ1n) is 4.22. The number of benzene rings is 1. The van der Waals surface area contributed by atoms with Crippen molar-refractivity contribution in [2.75, 3.05) is 0 Å². The third-order valence-corrected chi connectivity index (χ3v) is 3.11. The average molecular weight is 207 g/mol. The molecule has 14 heavy (non-hydrogen) atoms. The molecule has 0 amide bonds. The number of H-pyrrole nitrogens is 1. The molecule has 2 aromatic rings. The number of nitrogens with one attached hydrogen (secondary N) is 1. The lowest BCUT2D eigenvalue weighted by atomic mass is 10.1. The fraction of sp³-hybridized carbons (Fsp3) is 0.200. The van der Waals surface area contributed by atoms with Crippen molar-refractivity contribution >= 4 is 21.4 Å². The van der Waals surface area contributed by atoms with E-state index in [9.17, 15) is 9.59 Å². The number of rotatable bonds is 0. The molecule has 4 heteroatoms. The van der Waals surface area contributed by atoms with Crippen LogP contribution in [0.15, 0.2) is 21.7 Å². The highest BCUT2D eigenvalue weighted by atomic mass is 32.1. The van der Waals surface area contributed by atoms with E-state index in [-0.39, 0.29) is 10.4 Å². The van der Waals surface area contributed by atoms with Gasteiger partial charge in [-0.15, -0.1) is 0 Å². The summed E-state index contributed by atoms with van der Waals surface area (Å²) in [5, 5.41) is 0.604. The minimum atomic E-state index is -0.297. The van der Waals surface area contributed by atoms with Gasteiger partial charge in [0.2, 0.25) is 0 Å². The second-order valence-electron chi connectivity index (χ2n) is 3.30. The third-order valence-electron chi connectivity index (χ3n) is 2.07. The van der Waals surface area contributed by atoms with Crippen LogP contribution in [0.5, 0.6) is 0 Å². The molecule has 1 N–H and O–H groups in total. The van der Waals surface area contributed by atoms with Gasteiger partial charge in [0.25, 0.3) is 5.56 Å². The zero-order valence-corrected chi connectivity index (χ0v) is 8.70. The molecule has 0 atom stereocenters. The second-order valence-corrected chi connectivity index (χ2v) is 4.29. The lowest BCUT2D eigenvalue weighted by Crippen LogP contribution is -2.16. The normalized spacial score (nSPS) is 10.7. The van der Waals surface area contributed by atoms with E-state index in [1.54, 1.807) is 6.07 Å². The van der Waals surface area contributed by atoms with Crippen LogP contribution in [0.25, 0.3) is 10.1 Å². The second kappa shape index (κ2) is 3.06. The Balaban J connectivity index is 3.10. The van der Waals surface area contributed by atoms with Crippen molar-refractivity contribution in [3.63, 3.8) is 0 Å². The molecule has 0 aliphatic heterocycles. The minimum absolute atomic E-state index is 0.296. The van der Waals surface area contributed by atoms with E-state index >= 15 is 0 Å². The molecule has 0 fully saturated rings. The topological polar surface area (TPSA) is 49.9 Å². The fourth-order valence-electron chi connectivity index (χ4n) is 1.54. The molecule has 0 radical (unpaired) electrons. The summed E-state index contributed by atoms with van der Waals surface area (Å²) in [5.41, 5.74) is 1.72. The van der Waals surface area contributed by atoms with Crippen LogP contribution in [0, 0.1) is 13.8 Å². The molecule has 0 bridgehead atoms. The summed E-state index contributed by atoms with van der Waals surface area (Å²) in [6.45, 7) is 3.84. The van der Waals surface area contributed by atoms with Gasteiger partial charge in [0.1, 0.15) is 0 Å². The largest absolute Gasteiger partial charge is 0.307 e. The third kappa shape index (κ3) is 1.37. The zero-order chi connectivity index (χ0) is 10.3. The molecule has 1 heterocycles. The van der Waals surface area contributed by atoms with Gasteiger partial charge < -0.3 is 0 Å². The van der Waals surface area contributed by atoms with Crippen molar-refractivity contribution in [2.45, 2.75) is 13.8 Å². The van der Waals surface area contributed by atoms with E-state index in [1.165, 1.54) is 0 Å². The Morgan fingerprint density at radius 1 is 1.21 bits per heavy atom. The predicted octanol–water partition coefficient (Wildman–Crippen LogP) is 1.57. The van der Waals surface area contributed by atoms with Crippen LogP contribution < -0.4 is 10.4 Å². The van der Waals surface area contributed by atoms with Crippen molar-refractivity contribution in [3.05, 3.63) is 43.3 Å². The number of aryl methyl sites for hydroxylation is 2. The first kappa shape index (κ1) is 9.15. The molecular formula is C10H9NO2S. The van der Waals surface area contributed by atoms with E-state index in [0.717, 1.165) is 27.2 Å². The molecular weight excluding hydrogens is 198 g/mol. The number of fused-ring (bicyclic) bond motifs is 1. The predicted molar refractivity (Wildman–Crippen MR) is 58.2 cm³/mol. The highest BCUT2D eigenvalue weighted by molar-refractivity contribution is 7.16. The molecule has 0 aliphatic rings. The number of aromatic amines is 1. The van der Waals surface area contributed by atoms with Gasteiger partial charge in [-0.2, -0.15) is 0 Å². The Labute approximate surface area is 84.0 Å². The van der Waals surface area contributed by atoms with Gasteiger partial charge in [-0.1, -0.05) is 17.4 Å². The number of hydrogen-bond donors (Lipinski definition) is 1. The smallest absolute Gasteiger partial charge is 0.280 e. The van der Waals surface area contributed by atoms with Crippen LogP contribution in [-0.2, 0) is 0 Å². The molecule has 0 saturated carbocycles. The molecule has 1 aromatic carbocycles. The standard InChI is InChI=1S/C10H9NO2S/c1-5-3-6(2)8-7(4-5)9(12)11-10(13)14-8/h3-4H,1-2H3,(H,11,12,13). The van der Waals surface area contributed by atoms with E-state index in [0.29, 0.717) is 5.39 Å². The van der Waals surface area contributed by atoms with E-state index in [4.69, 9.17) is 0 Å². The summed E-state index contributed by atoms with van der Waals surface area (Å²) in [6, 6.07) is 3.77. The SMILES string of the molecule is Cc1cc(C)c2sc(=O)[nH]c(=O)c2c1. The fourth-order valence-corrected chi connectivity index (χ4v) is 2.35. The summed E-state index contributed by atoms with van der Waals surface area (Å²) in [4.78, 5) is 24.5. The monoisotopic (exact) mass is 207 g/mol. The minimum Gasteiger partial charge on any atom is -0.280 e.